The van der Waals surface area contributed by atoms with Gasteiger partial charge in [-0.3, -0.25) is 0 Å². The maximum Gasteiger partial charge on any atom is 2.00 e. The standard InChI is InChI=1S/2C14H10O9S3.3Mg/c2*15-24(16,17)12-7-10-5-8-3-1-2-4-9(8)6-11(10)13(25(18,19)20)14(12)26(21,22)23;;;/h2*1-7H,(H,15,16,17)(H,18,19,20)(H,21,22,23);;;/q;;3*+2/p-6. The van der Waals surface area contributed by atoms with E-state index >= 15 is 0 Å². The van der Waals surface area contributed by atoms with Gasteiger partial charge in [-0.2, -0.15) is 0 Å². The summed E-state index contributed by atoms with van der Waals surface area (Å²) < 4.78 is 208. The molecule has 0 aromatic heterocycles. The molecule has 0 N–H and O–H groups in total. The molecule has 0 heterocycles. The van der Waals surface area contributed by atoms with Crippen LogP contribution in [0.4, 0.5) is 0 Å². The number of hydrogen-bond acceptors (Lipinski definition) is 18. The molecule has 0 fully saturated rings. The smallest absolute Gasteiger partial charge is 0.744 e. The zero-order chi connectivity index (χ0) is 39.0. The van der Waals surface area contributed by atoms with Crippen molar-refractivity contribution in [1.29, 1.82) is 0 Å². The molecular formula is C28H14Mg3O18S6. The van der Waals surface area contributed by atoms with E-state index in [0.717, 1.165) is 12.1 Å². The van der Waals surface area contributed by atoms with Gasteiger partial charge in [-0.1, -0.05) is 48.5 Å². The Kier molecular flexibility index (Phi) is 15.0. The van der Waals surface area contributed by atoms with Crippen LogP contribution in [0, 0.1) is 0 Å². The first-order chi connectivity index (χ1) is 23.6. The largest absolute Gasteiger partial charge is 2.00 e. The minimum Gasteiger partial charge on any atom is -0.744 e. The molecular weight excluding hydrogens is 890 g/mol. The summed E-state index contributed by atoms with van der Waals surface area (Å²) in [5.41, 5.74) is 0. The van der Waals surface area contributed by atoms with E-state index in [1.165, 1.54) is 24.3 Å². The quantitative estimate of drug-likeness (QED) is 0.123. The average molecular weight is 904 g/mol. The fourth-order valence-corrected chi connectivity index (χ4v) is 12.0. The summed E-state index contributed by atoms with van der Waals surface area (Å²) in [6.45, 7) is 0. The molecule has 55 heavy (non-hydrogen) atoms. The van der Waals surface area contributed by atoms with Crippen LogP contribution in [0.5, 0.6) is 0 Å². The summed E-state index contributed by atoms with van der Waals surface area (Å²) in [5.74, 6) is 0. The van der Waals surface area contributed by atoms with Gasteiger partial charge in [0, 0.05) is 10.8 Å². The third-order valence-electron chi connectivity index (χ3n) is 7.30. The van der Waals surface area contributed by atoms with Gasteiger partial charge >= 0.3 is 69.2 Å². The van der Waals surface area contributed by atoms with Crippen molar-refractivity contribution in [2.24, 2.45) is 0 Å². The van der Waals surface area contributed by atoms with Gasteiger partial charge in [0.15, 0.2) is 0 Å². The summed E-state index contributed by atoms with van der Waals surface area (Å²) >= 11 is 0. The van der Waals surface area contributed by atoms with E-state index in [1.807, 2.05) is 0 Å². The zero-order valence-corrected chi connectivity index (χ0v) is 36.1. The fourth-order valence-electron chi connectivity index (χ4n) is 5.37. The molecule has 0 atom stereocenters. The van der Waals surface area contributed by atoms with Crippen LogP contribution >= 0.6 is 0 Å². The maximum atomic E-state index is 11.7. The Morgan fingerprint density at radius 3 is 0.745 bits per heavy atom. The molecule has 18 nitrogen and oxygen atoms in total. The Morgan fingerprint density at radius 2 is 0.527 bits per heavy atom. The number of benzene rings is 6. The van der Waals surface area contributed by atoms with Crippen molar-refractivity contribution < 1.29 is 77.8 Å². The van der Waals surface area contributed by atoms with E-state index in [9.17, 15) is 77.8 Å². The zero-order valence-electron chi connectivity index (χ0n) is 27.0. The maximum absolute atomic E-state index is 11.7. The third-order valence-corrected chi connectivity index (χ3v) is 13.2. The molecule has 6 aromatic rings. The number of rotatable bonds is 6. The summed E-state index contributed by atoms with van der Waals surface area (Å²) in [4.78, 5) is -9.97. The van der Waals surface area contributed by atoms with Crippen molar-refractivity contribution in [2.45, 2.75) is 29.4 Å². The topological polar surface area (TPSA) is 343 Å². The molecule has 276 valence electrons. The second-order valence-corrected chi connectivity index (χ2v) is 18.6. The van der Waals surface area contributed by atoms with Gasteiger partial charge in [-0.05, 0) is 68.7 Å². The Bertz CT molecular complexity index is 3010. The molecule has 6 rings (SSSR count). The number of hydrogen-bond donors (Lipinski definition) is 0. The van der Waals surface area contributed by atoms with Crippen LogP contribution in [0.15, 0.2) is 114 Å². The van der Waals surface area contributed by atoms with Gasteiger partial charge in [-0.15, -0.1) is 0 Å². The van der Waals surface area contributed by atoms with Crippen LogP contribution in [-0.2, 0) is 60.7 Å². The summed E-state index contributed by atoms with van der Waals surface area (Å²) in [6.07, 6.45) is 0. The van der Waals surface area contributed by atoms with Crippen molar-refractivity contribution in [1.82, 2.24) is 0 Å². The van der Waals surface area contributed by atoms with Crippen LogP contribution in [0.25, 0.3) is 43.1 Å². The molecule has 0 aliphatic rings. The molecule has 0 saturated heterocycles. The molecule has 6 aromatic carbocycles. The number of fused-ring (bicyclic) bond motifs is 4. The summed E-state index contributed by atoms with van der Waals surface area (Å²) in [6, 6.07) is 18.6. The molecule has 0 unspecified atom stereocenters. The van der Waals surface area contributed by atoms with Crippen LogP contribution in [0.1, 0.15) is 0 Å². The Labute approximate surface area is 361 Å². The van der Waals surface area contributed by atoms with Gasteiger partial charge in [0.1, 0.15) is 60.7 Å². The Balaban J connectivity index is 0.000000360. The molecule has 27 heteroatoms. The van der Waals surface area contributed by atoms with Crippen molar-refractivity contribution in [3.63, 3.8) is 0 Å². The first-order valence-corrected chi connectivity index (χ1v) is 21.8. The Morgan fingerprint density at radius 1 is 0.291 bits per heavy atom. The fraction of sp³-hybridized carbons (Fsp3) is 0. The van der Waals surface area contributed by atoms with Gasteiger partial charge in [-0.25, -0.2) is 50.5 Å². The minimum absolute atomic E-state index is 0. The summed E-state index contributed by atoms with van der Waals surface area (Å²) in [7, 11) is -34.0. The van der Waals surface area contributed by atoms with Gasteiger partial charge in [0.25, 0.3) is 0 Å². The van der Waals surface area contributed by atoms with Crippen LogP contribution < -0.4 is 0 Å². The van der Waals surface area contributed by atoms with E-state index in [4.69, 9.17) is 0 Å². The first kappa shape index (κ1) is 49.3. The van der Waals surface area contributed by atoms with E-state index < -0.39 is 101 Å². The van der Waals surface area contributed by atoms with E-state index in [0.29, 0.717) is 33.7 Å². The van der Waals surface area contributed by atoms with E-state index in [2.05, 4.69) is 0 Å². The van der Waals surface area contributed by atoms with Gasteiger partial charge in [0.05, 0.1) is 29.4 Å². The molecule has 0 aliphatic carbocycles. The molecule has 0 spiro atoms. The molecule has 0 saturated carbocycles. The van der Waals surface area contributed by atoms with Crippen molar-refractivity contribution in [3.8, 4) is 0 Å². The molecule has 0 radical (unpaired) electrons. The van der Waals surface area contributed by atoms with Crippen LogP contribution in [-0.4, -0.2) is 147 Å². The molecule has 0 bridgehead atoms. The van der Waals surface area contributed by atoms with Crippen molar-refractivity contribution in [2.75, 3.05) is 0 Å². The minimum atomic E-state index is -5.78. The summed E-state index contributed by atoms with van der Waals surface area (Å²) in [5, 5.41) is 0.470. The van der Waals surface area contributed by atoms with Gasteiger partial charge in [0.2, 0.25) is 0 Å². The predicted molar refractivity (Wildman–Crippen MR) is 188 cm³/mol. The van der Waals surface area contributed by atoms with E-state index in [-0.39, 0.29) is 79.9 Å². The molecule has 0 aliphatic heterocycles. The second kappa shape index (κ2) is 16.8. The van der Waals surface area contributed by atoms with Gasteiger partial charge < -0.3 is 27.3 Å². The SMILES string of the molecule is O=S(=O)([O-])c1cc2cc3ccccc3cc2c(S(=O)(=O)[O-])c1S(=O)(=O)[O-].O=S(=O)([O-])c1cc2cc3ccccc3cc2c(S(=O)(=O)[O-])c1S(=O)(=O)[O-].[Mg+2].[Mg+2].[Mg+2]. The normalized spacial score (nSPS) is 12.6. The Hall–Kier alpha value is -1.88. The van der Waals surface area contributed by atoms with Crippen molar-refractivity contribution >= 4 is 173 Å². The monoisotopic (exact) mass is 902 g/mol. The average Bonchev–Trinajstić information content (AvgIpc) is 2.98. The van der Waals surface area contributed by atoms with Crippen LogP contribution in [0.2, 0.25) is 0 Å². The molecule has 0 amide bonds. The second-order valence-electron chi connectivity index (χ2n) is 10.6. The van der Waals surface area contributed by atoms with Crippen molar-refractivity contribution in [3.05, 3.63) is 84.9 Å². The predicted octanol–water partition coefficient (Wildman–Crippen LogP) is 0.268. The third kappa shape index (κ3) is 10.4. The first-order valence-electron chi connectivity index (χ1n) is 13.3. The van der Waals surface area contributed by atoms with E-state index in [1.54, 1.807) is 36.4 Å². The van der Waals surface area contributed by atoms with Crippen LogP contribution in [0.3, 0.4) is 0 Å².